The van der Waals surface area contributed by atoms with E-state index in [0.717, 1.165) is 0 Å². The van der Waals surface area contributed by atoms with E-state index >= 15 is 0 Å². The van der Waals surface area contributed by atoms with Gasteiger partial charge in [0, 0.05) is 7.05 Å². The summed E-state index contributed by atoms with van der Waals surface area (Å²) in [5, 5.41) is 5.91. The third-order valence-electron chi connectivity index (χ3n) is 1.58. The topological polar surface area (TPSA) is 54.0 Å². The SMILES string of the molecule is CNC(=O)CNc1nc(Cl)c(Cl)cc1Cl. The van der Waals surface area contributed by atoms with E-state index in [-0.39, 0.29) is 22.6 Å². The lowest BCUT2D eigenvalue weighted by Gasteiger charge is -2.07. The highest BCUT2D eigenvalue weighted by atomic mass is 35.5. The van der Waals surface area contributed by atoms with Crippen molar-refractivity contribution >= 4 is 46.5 Å². The second kappa shape index (κ2) is 5.39. The molecular weight excluding hydrogens is 260 g/mol. The van der Waals surface area contributed by atoms with Crippen LogP contribution in [0.1, 0.15) is 0 Å². The molecule has 0 fully saturated rings. The van der Waals surface area contributed by atoms with Gasteiger partial charge in [-0.2, -0.15) is 0 Å². The van der Waals surface area contributed by atoms with E-state index in [1.807, 2.05) is 0 Å². The van der Waals surface area contributed by atoms with Crippen molar-refractivity contribution in [3.05, 3.63) is 21.3 Å². The summed E-state index contributed by atoms with van der Waals surface area (Å²) >= 11 is 17.2. The first kappa shape index (κ1) is 12.4. The van der Waals surface area contributed by atoms with Crippen molar-refractivity contribution in [2.45, 2.75) is 0 Å². The minimum Gasteiger partial charge on any atom is -0.360 e. The van der Waals surface area contributed by atoms with Gasteiger partial charge in [0.15, 0.2) is 0 Å². The Hall–Kier alpha value is -0.710. The third-order valence-corrected chi connectivity index (χ3v) is 2.54. The van der Waals surface area contributed by atoms with Crippen molar-refractivity contribution in [3.8, 4) is 0 Å². The van der Waals surface area contributed by atoms with Gasteiger partial charge in [-0.05, 0) is 6.07 Å². The van der Waals surface area contributed by atoms with E-state index in [4.69, 9.17) is 34.8 Å². The number of rotatable bonds is 3. The van der Waals surface area contributed by atoms with E-state index in [2.05, 4.69) is 15.6 Å². The molecule has 0 aromatic carbocycles. The zero-order valence-corrected chi connectivity index (χ0v) is 10.0. The van der Waals surface area contributed by atoms with Gasteiger partial charge < -0.3 is 10.6 Å². The maximum Gasteiger partial charge on any atom is 0.239 e. The second-order valence-electron chi connectivity index (χ2n) is 2.62. The second-order valence-corrected chi connectivity index (χ2v) is 3.79. The molecule has 15 heavy (non-hydrogen) atoms. The lowest BCUT2D eigenvalue weighted by Crippen LogP contribution is -2.26. The van der Waals surface area contributed by atoms with Crippen LogP contribution in [0.2, 0.25) is 15.2 Å². The highest BCUT2D eigenvalue weighted by molar-refractivity contribution is 6.42. The Labute approximate surface area is 102 Å². The number of halogens is 3. The Morgan fingerprint density at radius 2 is 2.07 bits per heavy atom. The van der Waals surface area contributed by atoms with E-state index in [1.165, 1.54) is 13.1 Å². The van der Waals surface area contributed by atoms with Gasteiger partial charge in [-0.25, -0.2) is 4.98 Å². The lowest BCUT2D eigenvalue weighted by atomic mass is 10.4. The Bertz CT molecular complexity index is 384. The smallest absolute Gasteiger partial charge is 0.239 e. The number of nitrogens with zero attached hydrogens (tertiary/aromatic N) is 1. The Morgan fingerprint density at radius 3 is 2.67 bits per heavy atom. The molecule has 2 N–H and O–H groups in total. The molecule has 1 aromatic rings. The van der Waals surface area contributed by atoms with Crippen molar-refractivity contribution in [2.75, 3.05) is 18.9 Å². The number of nitrogens with one attached hydrogen (secondary N) is 2. The van der Waals surface area contributed by atoms with Crippen LogP contribution in [0.3, 0.4) is 0 Å². The largest absolute Gasteiger partial charge is 0.360 e. The van der Waals surface area contributed by atoms with Gasteiger partial charge >= 0.3 is 0 Å². The first-order chi connectivity index (χ1) is 7.04. The van der Waals surface area contributed by atoms with Crippen LogP contribution in [0.4, 0.5) is 5.82 Å². The lowest BCUT2D eigenvalue weighted by molar-refractivity contribution is -0.118. The van der Waals surface area contributed by atoms with Crippen LogP contribution >= 0.6 is 34.8 Å². The number of amides is 1. The van der Waals surface area contributed by atoms with Crippen molar-refractivity contribution in [1.29, 1.82) is 0 Å². The summed E-state index contributed by atoms with van der Waals surface area (Å²) in [7, 11) is 1.54. The molecule has 1 rings (SSSR count). The molecule has 0 radical (unpaired) electrons. The number of hydrogen-bond acceptors (Lipinski definition) is 3. The summed E-state index contributed by atoms with van der Waals surface area (Å²) in [6.45, 7) is 0.0706. The van der Waals surface area contributed by atoms with Crippen LogP contribution in [0.25, 0.3) is 0 Å². The van der Waals surface area contributed by atoms with Gasteiger partial charge in [-0.1, -0.05) is 34.8 Å². The molecule has 4 nitrogen and oxygen atoms in total. The normalized spacial score (nSPS) is 9.87. The summed E-state index contributed by atoms with van der Waals surface area (Å²) in [5.41, 5.74) is 0. The molecule has 0 spiro atoms. The van der Waals surface area contributed by atoms with Crippen LogP contribution in [-0.4, -0.2) is 24.5 Å². The molecule has 0 bridgehead atoms. The number of anilines is 1. The summed E-state index contributed by atoms with van der Waals surface area (Å²) in [6.07, 6.45) is 0. The molecular formula is C8H8Cl3N3O. The molecule has 1 heterocycles. The van der Waals surface area contributed by atoms with Crippen LogP contribution < -0.4 is 10.6 Å². The van der Waals surface area contributed by atoms with Gasteiger partial charge in [0.2, 0.25) is 5.91 Å². The van der Waals surface area contributed by atoms with E-state index in [9.17, 15) is 4.79 Å². The molecule has 0 saturated carbocycles. The predicted molar refractivity (Wildman–Crippen MR) is 61.8 cm³/mol. The van der Waals surface area contributed by atoms with Crippen molar-refractivity contribution < 1.29 is 4.79 Å². The first-order valence-electron chi connectivity index (χ1n) is 4.00. The van der Waals surface area contributed by atoms with Gasteiger partial charge in [-0.15, -0.1) is 0 Å². The monoisotopic (exact) mass is 267 g/mol. The zero-order chi connectivity index (χ0) is 11.4. The highest BCUT2D eigenvalue weighted by Gasteiger charge is 2.08. The minimum absolute atomic E-state index is 0.0706. The maximum absolute atomic E-state index is 10.9. The summed E-state index contributed by atoms with van der Waals surface area (Å²) in [4.78, 5) is 14.8. The first-order valence-corrected chi connectivity index (χ1v) is 5.14. The van der Waals surface area contributed by atoms with Crippen LogP contribution in [0.5, 0.6) is 0 Å². The van der Waals surface area contributed by atoms with Gasteiger partial charge in [-0.3, -0.25) is 4.79 Å². The van der Waals surface area contributed by atoms with Crippen molar-refractivity contribution in [1.82, 2.24) is 10.3 Å². The third kappa shape index (κ3) is 3.41. The zero-order valence-electron chi connectivity index (χ0n) is 7.77. The predicted octanol–water partition coefficient (Wildman–Crippen LogP) is 2.20. The molecule has 0 aliphatic rings. The van der Waals surface area contributed by atoms with E-state index < -0.39 is 0 Å². The number of carbonyl (C=O) groups excluding carboxylic acids is 1. The molecule has 0 unspecified atom stereocenters. The summed E-state index contributed by atoms with van der Waals surface area (Å²) in [6, 6.07) is 1.46. The molecule has 0 aliphatic carbocycles. The van der Waals surface area contributed by atoms with Crippen molar-refractivity contribution in [3.63, 3.8) is 0 Å². The average molecular weight is 269 g/mol. The summed E-state index contributed by atoms with van der Waals surface area (Å²) < 4.78 is 0. The Kier molecular flexibility index (Phi) is 4.45. The van der Waals surface area contributed by atoms with Gasteiger partial charge in [0.1, 0.15) is 11.0 Å². The molecule has 0 saturated heterocycles. The number of aromatic nitrogens is 1. The standard InChI is InChI=1S/C8H8Cl3N3O/c1-12-6(15)3-13-8-5(10)2-4(9)7(11)14-8/h2H,3H2,1H3,(H,12,15)(H,13,14). The average Bonchev–Trinajstić information content (AvgIpc) is 2.21. The van der Waals surface area contributed by atoms with E-state index in [0.29, 0.717) is 10.8 Å². The fraction of sp³-hybridized carbons (Fsp3) is 0.250. The fourth-order valence-electron chi connectivity index (χ4n) is 0.820. The summed E-state index contributed by atoms with van der Waals surface area (Å²) in [5.74, 6) is 0.147. The Morgan fingerprint density at radius 1 is 1.40 bits per heavy atom. The van der Waals surface area contributed by atoms with Gasteiger partial charge in [0.25, 0.3) is 0 Å². The molecule has 1 amide bonds. The molecule has 0 atom stereocenters. The molecule has 1 aromatic heterocycles. The maximum atomic E-state index is 10.9. The quantitative estimate of drug-likeness (QED) is 0.826. The number of pyridine rings is 1. The van der Waals surface area contributed by atoms with Crippen LogP contribution in [0.15, 0.2) is 6.07 Å². The number of likely N-dealkylation sites (N-methyl/N-ethyl adjacent to an activating group) is 1. The Balaban J connectivity index is 2.77. The van der Waals surface area contributed by atoms with Gasteiger partial charge in [0.05, 0.1) is 16.6 Å². The van der Waals surface area contributed by atoms with Crippen LogP contribution in [-0.2, 0) is 4.79 Å². The van der Waals surface area contributed by atoms with E-state index in [1.54, 1.807) is 0 Å². The number of hydrogen-bond donors (Lipinski definition) is 2. The highest BCUT2D eigenvalue weighted by Crippen LogP contribution is 2.28. The minimum atomic E-state index is -0.182. The molecule has 7 heteroatoms. The molecule has 0 aliphatic heterocycles. The molecule has 82 valence electrons. The number of carbonyl (C=O) groups is 1. The fourth-order valence-corrected chi connectivity index (χ4v) is 1.38. The van der Waals surface area contributed by atoms with Crippen LogP contribution in [0, 0.1) is 0 Å². The van der Waals surface area contributed by atoms with Crippen molar-refractivity contribution in [2.24, 2.45) is 0 Å².